The Kier molecular flexibility index (Phi) is 2.68. The van der Waals surface area contributed by atoms with Gasteiger partial charge in [0.25, 0.3) is 0 Å². The molecule has 1 heteroatoms. The highest BCUT2D eigenvalue weighted by atomic mass is 14.7. The van der Waals surface area contributed by atoms with Crippen LogP contribution in [0.3, 0.4) is 0 Å². The summed E-state index contributed by atoms with van der Waals surface area (Å²) >= 11 is 0. The lowest BCUT2D eigenvalue weighted by atomic mass is 10.2. The maximum Gasteiger partial charge on any atom is 0.0427 e. The van der Waals surface area contributed by atoms with Crippen LogP contribution in [0.4, 0.5) is 0 Å². The maximum absolute atomic E-state index is 5.18. The Bertz CT molecular complexity index is 253. The Labute approximate surface area is 67.5 Å². The van der Waals surface area contributed by atoms with Gasteiger partial charge in [0.15, 0.2) is 0 Å². The molecule has 0 aliphatic rings. The van der Waals surface area contributed by atoms with Crippen LogP contribution in [0.2, 0.25) is 0 Å². The molecule has 0 spiro atoms. The standard InChI is InChI=1S/C10H11N/c1-3-5-10-7-6-9(4-2)8-11-10/h2,6-8H,3,5H2,1H3. The Morgan fingerprint density at radius 1 is 1.55 bits per heavy atom. The zero-order chi connectivity index (χ0) is 8.10. The molecule has 0 unspecified atom stereocenters. The Hall–Kier alpha value is -1.29. The van der Waals surface area contributed by atoms with E-state index in [1.807, 2.05) is 12.1 Å². The first-order valence-corrected chi connectivity index (χ1v) is 3.78. The third-order valence-corrected chi connectivity index (χ3v) is 1.50. The molecule has 1 rings (SSSR count). The van der Waals surface area contributed by atoms with E-state index in [1.165, 1.54) is 0 Å². The first-order chi connectivity index (χ1) is 5.36. The average Bonchev–Trinajstić information content (AvgIpc) is 2.07. The van der Waals surface area contributed by atoms with Crippen molar-refractivity contribution in [1.29, 1.82) is 0 Å². The number of terminal acetylenes is 1. The van der Waals surface area contributed by atoms with Gasteiger partial charge in [-0.05, 0) is 18.6 Å². The molecule has 0 saturated heterocycles. The van der Waals surface area contributed by atoms with E-state index in [9.17, 15) is 0 Å². The van der Waals surface area contributed by atoms with Gasteiger partial charge in [0.2, 0.25) is 0 Å². The molecule has 1 nitrogen and oxygen atoms in total. The predicted octanol–water partition coefficient (Wildman–Crippen LogP) is 2.02. The second-order valence-electron chi connectivity index (χ2n) is 2.43. The minimum atomic E-state index is 0.852. The molecular weight excluding hydrogens is 134 g/mol. The Morgan fingerprint density at radius 3 is 2.82 bits per heavy atom. The van der Waals surface area contributed by atoms with Crippen molar-refractivity contribution in [2.75, 3.05) is 0 Å². The van der Waals surface area contributed by atoms with Gasteiger partial charge < -0.3 is 0 Å². The van der Waals surface area contributed by atoms with Gasteiger partial charge in [0.05, 0.1) is 0 Å². The van der Waals surface area contributed by atoms with Crippen molar-refractivity contribution in [2.45, 2.75) is 19.8 Å². The van der Waals surface area contributed by atoms with Gasteiger partial charge in [-0.3, -0.25) is 4.98 Å². The highest BCUT2D eigenvalue weighted by molar-refractivity contribution is 5.29. The molecule has 0 fully saturated rings. The fourth-order valence-electron chi connectivity index (χ4n) is 0.914. The fraction of sp³-hybridized carbons (Fsp3) is 0.300. The summed E-state index contributed by atoms with van der Waals surface area (Å²) in [7, 11) is 0. The quantitative estimate of drug-likeness (QED) is 0.580. The summed E-state index contributed by atoms with van der Waals surface area (Å²) in [6.45, 7) is 2.14. The number of aryl methyl sites for hydroxylation is 1. The molecule has 0 amide bonds. The summed E-state index contributed by atoms with van der Waals surface area (Å²) < 4.78 is 0. The topological polar surface area (TPSA) is 12.9 Å². The van der Waals surface area contributed by atoms with Crippen molar-refractivity contribution in [1.82, 2.24) is 4.98 Å². The first kappa shape index (κ1) is 7.81. The van der Waals surface area contributed by atoms with Crippen LogP contribution in [0, 0.1) is 12.3 Å². The number of aromatic nitrogens is 1. The van der Waals surface area contributed by atoms with Crippen LogP contribution in [-0.4, -0.2) is 4.98 Å². The number of nitrogens with zero attached hydrogens (tertiary/aromatic N) is 1. The van der Waals surface area contributed by atoms with Crippen molar-refractivity contribution < 1.29 is 0 Å². The molecule has 0 atom stereocenters. The molecule has 0 N–H and O–H groups in total. The average molecular weight is 145 g/mol. The SMILES string of the molecule is C#Cc1ccc(CCC)nc1. The van der Waals surface area contributed by atoms with Gasteiger partial charge in [-0.1, -0.05) is 19.3 Å². The molecule has 1 heterocycles. The molecule has 11 heavy (non-hydrogen) atoms. The zero-order valence-corrected chi connectivity index (χ0v) is 6.67. The highest BCUT2D eigenvalue weighted by Crippen LogP contribution is 2.00. The third-order valence-electron chi connectivity index (χ3n) is 1.50. The zero-order valence-electron chi connectivity index (χ0n) is 6.67. The minimum Gasteiger partial charge on any atom is -0.260 e. The van der Waals surface area contributed by atoms with Crippen molar-refractivity contribution in [3.05, 3.63) is 29.6 Å². The van der Waals surface area contributed by atoms with Crippen LogP contribution in [0.5, 0.6) is 0 Å². The molecule has 0 aliphatic carbocycles. The summed E-state index contributed by atoms with van der Waals surface area (Å²) in [4.78, 5) is 4.20. The van der Waals surface area contributed by atoms with Gasteiger partial charge in [0, 0.05) is 17.5 Å². The highest BCUT2D eigenvalue weighted by Gasteiger charge is 1.91. The van der Waals surface area contributed by atoms with E-state index in [2.05, 4.69) is 17.8 Å². The van der Waals surface area contributed by atoms with Gasteiger partial charge in [-0.15, -0.1) is 6.42 Å². The third kappa shape index (κ3) is 2.09. The van der Waals surface area contributed by atoms with Crippen LogP contribution in [0.15, 0.2) is 18.3 Å². The minimum absolute atomic E-state index is 0.852. The van der Waals surface area contributed by atoms with Crippen molar-refractivity contribution >= 4 is 0 Å². The smallest absolute Gasteiger partial charge is 0.0427 e. The van der Waals surface area contributed by atoms with Crippen LogP contribution in [-0.2, 0) is 6.42 Å². The van der Waals surface area contributed by atoms with Gasteiger partial charge in [0.1, 0.15) is 0 Å². The molecule has 0 aromatic carbocycles. The van der Waals surface area contributed by atoms with E-state index in [0.29, 0.717) is 0 Å². The molecule has 0 aliphatic heterocycles. The molecule has 1 aromatic rings. The molecule has 56 valence electrons. The van der Waals surface area contributed by atoms with E-state index in [1.54, 1.807) is 6.20 Å². The second-order valence-corrected chi connectivity index (χ2v) is 2.43. The Morgan fingerprint density at radius 2 is 2.36 bits per heavy atom. The summed E-state index contributed by atoms with van der Waals surface area (Å²) in [6.07, 6.45) is 9.08. The van der Waals surface area contributed by atoms with Crippen molar-refractivity contribution in [3.63, 3.8) is 0 Å². The number of hydrogen-bond acceptors (Lipinski definition) is 1. The maximum atomic E-state index is 5.18. The lowest BCUT2D eigenvalue weighted by Gasteiger charge is -1.95. The number of pyridine rings is 1. The van der Waals surface area contributed by atoms with Crippen molar-refractivity contribution in [3.8, 4) is 12.3 Å². The van der Waals surface area contributed by atoms with Gasteiger partial charge in [-0.2, -0.15) is 0 Å². The van der Waals surface area contributed by atoms with Crippen molar-refractivity contribution in [2.24, 2.45) is 0 Å². The van der Waals surface area contributed by atoms with Gasteiger partial charge in [-0.25, -0.2) is 0 Å². The fourth-order valence-corrected chi connectivity index (χ4v) is 0.914. The molecule has 1 aromatic heterocycles. The van der Waals surface area contributed by atoms with E-state index in [0.717, 1.165) is 24.1 Å². The van der Waals surface area contributed by atoms with Gasteiger partial charge >= 0.3 is 0 Å². The van der Waals surface area contributed by atoms with E-state index >= 15 is 0 Å². The summed E-state index contributed by atoms with van der Waals surface area (Å²) in [6, 6.07) is 3.91. The normalized spacial score (nSPS) is 9.09. The predicted molar refractivity (Wildman–Crippen MR) is 46.2 cm³/mol. The first-order valence-electron chi connectivity index (χ1n) is 3.78. The summed E-state index contributed by atoms with van der Waals surface area (Å²) in [5.41, 5.74) is 1.97. The van der Waals surface area contributed by atoms with E-state index in [-0.39, 0.29) is 0 Å². The van der Waals surface area contributed by atoms with Crippen LogP contribution in [0.25, 0.3) is 0 Å². The monoisotopic (exact) mass is 145 g/mol. The lowest BCUT2D eigenvalue weighted by molar-refractivity contribution is 0.882. The Balaban J connectivity index is 2.76. The van der Waals surface area contributed by atoms with Crippen LogP contribution < -0.4 is 0 Å². The molecule has 0 saturated carbocycles. The summed E-state index contributed by atoms with van der Waals surface area (Å²) in [5.74, 6) is 2.53. The second kappa shape index (κ2) is 3.78. The molecule has 0 bridgehead atoms. The summed E-state index contributed by atoms with van der Waals surface area (Å²) in [5, 5.41) is 0. The number of rotatable bonds is 2. The lowest BCUT2D eigenvalue weighted by Crippen LogP contribution is -1.88. The largest absolute Gasteiger partial charge is 0.260 e. The van der Waals surface area contributed by atoms with Crippen LogP contribution >= 0.6 is 0 Å². The van der Waals surface area contributed by atoms with Crippen LogP contribution in [0.1, 0.15) is 24.6 Å². The molecule has 0 radical (unpaired) electrons. The van der Waals surface area contributed by atoms with E-state index < -0.39 is 0 Å². The molecular formula is C10H11N. The number of hydrogen-bond donors (Lipinski definition) is 0. The van der Waals surface area contributed by atoms with E-state index in [4.69, 9.17) is 6.42 Å².